The molecule has 0 unspecified atom stereocenters. The van der Waals surface area contributed by atoms with E-state index in [0.717, 1.165) is 17.2 Å². The summed E-state index contributed by atoms with van der Waals surface area (Å²) < 4.78 is 0. The fourth-order valence-corrected chi connectivity index (χ4v) is 2.55. The van der Waals surface area contributed by atoms with Crippen LogP contribution in [0, 0.1) is 23.0 Å². The van der Waals surface area contributed by atoms with Crippen molar-refractivity contribution >= 4 is 11.4 Å². The van der Waals surface area contributed by atoms with Gasteiger partial charge in [-0.15, -0.1) is 0 Å². The summed E-state index contributed by atoms with van der Waals surface area (Å²) >= 11 is 0. The summed E-state index contributed by atoms with van der Waals surface area (Å²) in [6.07, 6.45) is 4.92. The SMILES string of the molecule is Cc1cc([N+](=O)[O-])ccc1NC1CCC(C)CC1. The van der Waals surface area contributed by atoms with Gasteiger partial charge in [-0.2, -0.15) is 0 Å². The highest BCUT2D eigenvalue weighted by Gasteiger charge is 2.18. The molecule has 2 rings (SSSR count). The molecule has 1 saturated carbocycles. The zero-order chi connectivity index (χ0) is 13.1. The maximum atomic E-state index is 10.7. The van der Waals surface area contributed by atoms with Crippen molar-refractivity contribution in [3.05, 3.63) is 33.9 Å². The van der Waals surface area contributed by atoms with Gasteiger partial charge < -0.3 is 5.32 Å². The van der Waals surface area contributed by atoms with Crippen LogP contribution in [0.5, 0.6) is 0 Å². The number of anilines is 1. The van der Waals surface area contributed by atoms with Gasteiger partial charge in [0.2, 0.25) is 0 Å². The third kappa shape index (κ3) is 3.00. The molecule has 0 aliphatic heterocycles. The lowest BCUT2D eigenvalue weighted by Crippen LogP contribution is -2.25. The van der Waals surface area contributed by atoms with Gasteiger partial charge in [-0.3, -0.25) is 10.1 Å². The molecule has 0 radical (unpaired) electrons. The predicted molar refractivity (Wildman–Crippen MR) is 72.9 cm³/mol. The van der Waals surface area contributed by atoms with Crippen LogP contribution < -0.4 is 5.32 Å². The maximum absolute atomic E-state index is 10.7. The Kier molecular flexibility index (Phi) is 3.84. The highest BCUT2D eigenvalue weighted by atomic mass is 16.6. The highest BCUT2D eigenvalue weighted by Crippen LogP contribution is 2.28. The van der Waals surface area contributed by atoms with Gasteiger partial charge >= 0.3 is 0 Å². The molecule has 0 spiro atoms. The molecule has 98 valence electrons. The van der Waals surface area contributed by atoms with Gasteiger partial charge in [-0.05, 0) is 50.2 Å². The van der Waals surface area contributed by atoms with Crippen LogP contribution in [0.15, 0.2) is 18.2 Å². The van der Waals surface area contributed by atoms with Crippen molar-refractivity contribution < 1.29 is 4.92 Å². The van der Waals surface area contributed by atoms with E-state index in [1.165, 1.54) is 25.7 Å². The van der Waals surface area contributed by atoms with Crippen LogP contribution in [0.3, 0.4) is 0 Å². The fourth-order valence-electron chi connectivity index (χ4n) is 2.55. The van der Waals surface area contributed by atoms with Crippen molar-refractivity contribution in [2.45, 2.75) is 45.6 Å². The summed E-state index contributed by atoms with van der Waals surface area (Å²) in [7, 11) is 0. The predicted octanol–water partition coefficient (Wildman–Crippen LogP) is 3.89. The molecule has 0 bridgehead atoms. The monoisotopic (exact) mass is 248 g/mol. The average molecular weight is 248 g/mol. The smallest absolute Gasteiger partial charge is 0.269 e. The van der Waals surface area contributed by atoms with Gasteiger partial charge in [0, 0.05) is 23.9 Å². The molecule has 0 amide bonds. The van der Waals surface area contributed by atoms with Crippen LogP contribution in [-0.2, 0) is 0 Å². The van der Waals surface area contributed by atoms with Gasteiger partial charge in [0.15, 0.2) is 0 Å². The first-order valence-corrected chi connectivity index (χ1v) is 6.58. The largest absolute Gasteiger partial charge is 0.382 e. The van der Waals surface area contributed by atoms with Crippen molar-refractivity contribution in [3.8, 4) is 0 Å². The molecule has 0 saturated heterocycles. The first-order chi connectivity index (χ1) is 8.56. The molecule has 1 aromatic carbocycles. The molecular weight excluding hydrogens is 228 g/mol. The number of non-ortho nitro benzene ring substituents is 1. The summed E-state index contributed by atoms with van der Waals surface area (Å²) in [6, 6.07) is 5.54. The van der Waals surface area contributed by atoms with Gasteiger partial charge in [0.05, 0.1) is 4.92 Å². The number of rotatable bonds is 3. The number of hydrogen-bond acceptors (Lipinski definition) is 3. The van der Waals surface area contributed by atoms with E-state index in [2.05, 4.69) is 12.2 Å². The third-order valence-corrected chi connectivity index (χ3v) is 3.80. The van der Waals surface area contributed by atoms with E-state index < -0.39 is 0 Å². The molecule has 0 heterocycles. The van der Waals surface area contributed by atoms with E-state index in [1.54, 1.807) is 12.1 Å². The van der Waals surface area contributed by atoms with Gasteiger partial charge in [0.25, 0.3) is 5.69 Å². The zero-order valence-electron chi connectivity index (χ0n) is 11.0. The second-order valence-corrected chi connectivity index (χ2v) is 5.36. The Balaban J connectivity index is 2.03. The molecule has 1 aliphatic rings. The van der Waals surface area contributed by atoms with Crippen LogP contribution in [0.4, 0.5) is 11.4 Å². The van der Waals surface area contributed by atoms with Crippen molar-refractivity contribution in [1.29, 1.82) is 0 Å². The zero-order valence-corrected chi connectivity index (χ0v) is 11.0. The minimum absolute atomic E-state index is 0.162. The Labute approximate surface area is 108 Å². The second kappa shape index (κ2) is 5.38. The Morgan fingerprint density at radius 2 is 1.94 bits per heavy atom. The summed E-state index contributed by atoms with van der Waals surface area (Å²) in [5.74, 6) is 0.834. The normalized spacial score (nSPS) is 23.7. The molecule has 1 fully saturated rings. The third-order valence-electron chi connectivity index (χ3n) is 3.80. The van der Waals surface area contributed by atoms with Crippen LogP contribution in [0.1, 0.15) is 38.2 Å². The number of hydrogen-bond donors (Lipinski definition) is 1. The number of nitrogens with one attached hydrogen (secondary N) is 1. The summed E-state index contributed by atoms with van der Waals surface area (Å²) in [5.41, 5.74) is 2.14. The molecular formula is C14H20N2O2. The Morgan fingerprint density at radius 3 is 2.50 bits per heavy atom. The van der Waals surface area contributed by atoms with Crippen LogP contribution in [0.2, 0.25) is 0 Å². The fraction of sp³-hybridized carbons (Fsp3) is 0.571. The minimum Gasteiger partial charge on any atom is -0.382 e. The lowest BCUT2D eigenvalue weighted by molar-refractivity contribution is -0.384. The lowest BCUT2D eigenvalue weighted by atomic mass is 9.87. The van der Waals surface area contributed by atoms with E-state index in [9.17, 15) is 10.1 Å². The lowest BCUT2D eigenvalue weighted by Gasteiger charge is -2.28. The number of benzene rings is 1. The van der Waals surface area contributed by atoms with Crippen molar-refractivity contribution in [2.24, 2.45) is 5.92 Å². The van der Waals surface area contributed by atoms with Crippen molar-refractivity contribution in [3.63, 3.8) is 0 Å². The number of nitro groups is 1. The topological polar surface area (TPSA) is 55.2 Å². The van der Waals surface area contributed by atoms with Crippen LogP contribution in [-0.4, -0.2) is 11.0 Å². The Hall–Kier alpha value is -1.58. The first kappa shape index (κ1) is 12.9. The van der Waals surface area contributed by atoms with E-state index in [0.29, 0.717) is 6.04 Å². The summed E-state index contributed by atoms with van der Waals surface area (Å²) in [5, 5.41) is 14.2. The molecule has 4 heteroatoms. The van der Waals surface area contributed by atoms with Crippen LogP contribution in [0.25, 0.3) is 0 Å². The molecule has 18 heavy (non-hydrogen) atoms. The van der Waals surface area contributed by atoms with Crippen LogP contribution >= 0.6 is 0 Å². The quantitative estimate of drug-likeness (QED) is 0.652. The van der Waals surface area contributed by atoms with E-state index in [-0.39, 0.29) is 10.6 Å². The Morgan fingerprint density at radius 1 is 1.28 bits per heavy atom. The minimum atomic E-state index is -0.348. The molecule has 1 N–H and O–H groups in total. The first-order valence-electron chi connectivity index (χ1n) is 6.58. The van der Waals surface area contributed by atoms with Gasteiger partial charge in [-0.1, -0.05) is 6.92 Å². The summed E-state index contributed by atoms with van der Waals surface area (Å²) in [4.78, 5) is 10.3. The molecule has 0 aromatic heterocycles. The van der Waals surface area contributed by atoms with Crippen molar-refractivity contribution in [2.75, 3.05) is 5.32 Å². The van der Waals surface area contributed by atoms with Crippen molar-refractivity contribution in [1.82, 2.24) is 0 Å². The average Bonchev–Trinajstić information content (AvgIpc) is 2.34. The van der Waals surface area contributed by atoms with E-state index >= 15 is 0 Å². The van der Waals surface area contributed by atoms with Gasteiger partial charge in [0.1, 0.15) is 0 Å². The van der Waals surface area contributed by atoms with E-state index in [4.69, 9.17) is 0 Å². The molecule has 4 nitrogen and oxygen atoms in total. The maximum Gasteiger partial charge on any atom is 0.269 e. The second-order valence-electron chi connectivity index (χ2n) is 5.36. The molecule has 1 aromatic rings. The van der Waals surface area contributed by atoms with Gasteiger partial charge in [-0.25, -0.2) is 0 Å². The number of aryl methyl sites for hydroxylation is 1. The highest BCUT2D eigenvalue weighted by molar-refractivity contribution is 5.55. The Bertz CT molecular complexity index is 437. The molecule has 0 atom stereocenters. The summed E-state index contributed by atoms with van der Waals surface area (Å²) in [6.45, 7) is 4.22. The number of nitrogens with zero attached hydrogens (tertiary/aromatic N) is 1. The molecule has 1 aliphatic carbocycles. The standard InChI is InChI=1S/C14H20N2O2/c1-10-3-5-12(6-4-10)15-14-8-7-13(16(17)18)9-11(14)2/h7-10,12,15H,3-6H2,1-2H3. The van der Waals surface area contributed by atoms with E-state index in [1.807, 2.05) is 13.0 Å². The number of nitro benzene ring substituents is 1.